The molecular weight excluding hydrogens is 597 g/mol. The Morgan fingerprint density at radius 2 is 1.10 bits per heavy atom. The molecule has 232 valence electrons. The molecule has 0 unspecified atom stereocenters. The molecule has 0 saturated carbocycles. The molecule has 9 rings (SSSR count). The topological polar surface area (TPSA) is 35.6 Å². The molecule has 3 aromatic heterocycles. The van der Waals surface area contributed by atoms with Crippen molar-refractivity contribution >= 4 is 60.1 Å². The van der Waals surface area contributed by atoms with Crippen molar-refractivity contribution in [2.75, 3.05) is 0 Å². The molecular formula is C45H32N4. The summed E-state index contributed by atoms with van der Waals surface area (Å²) in [7, 11) is 0. The van der Waals surface area contributed by atoms with Gasteiger partial charge in [0.05, 0.1) is 33.3 Å². The normalized spacial score (nSPS) is 12.3. The van der Waals surface area contributed by atoms with E-state index in [0.29, 0.717) is 5.95 Å². The summed E-state index contributed by atoms with van der Waals surface area (Å²) < 4.78 is 4.56. The Hall–Kier alpha value is -6.52. The maximum absolute atomic E-state index is 5.23. The van der Waals surface area contributed by atoms with Gasteiger partial charge < -0.3 is 4.57 Å². The van der Waals surface area contributed by atoms with E-state index in [1.54, 1.807) is 6.08 Å². The molecule has 0 amide bonds. The summed E-state index contributed by atoms with van der Waals surface area (Å²) in [6.45, 7) is 5.91. The first-order valence-corrected chi connectivity index (χ1v) is 16.6. The van der Waals surface area contributed by atoms with Gasteiger partial charge in [-0.25, -0.2) is 9.97 Å². The van der Waals surface area contributed by atoms with Crippen LogP contribution in [0.3, 0.4) is 0 Å². The van der Waals surface area contributed by atoms with E-state index in [-0.39, 0.29) is 0 Å². The fraction of sp³-hybridized carbons (Fsp3) is 0.0222. The summed E-state index contributed by atoms with van der Waals surface area (Å²) in [5.41, 5.74) is 10.9. The molecule has 0 saturated heterocycles. The lowest BCUT2D eigenvalue weighted by Gasteiger charge is -2.12. The number of rotatable bonds is 6. The zero-order valence-corrected chi connectivity index (χ0v) is 27.1. The Kier molecular flexibility index (Phi) is 6.80. The second-order valence-electron chi connectivity index (χ2n) is 12.2. The Morgan fingerprint density at radius 1 is 0.551 bits per heavy atom. The van der Waals surface area contributed by atoms with Crippen molar-refractivity contribution in [2.24, 2.45) is 0 Å². The van der Waals surface area contributed by atoms with Crippen molar-refractivity contribution in [3.63, 3.8) is 0 Å². The van der Waals surface area contributed by atoms with Gasteiger partial charge in [0.15, 0.2) is 0 Å². The van der Waals surface area contributed by atoms with Crippen LogP contribution < -0.4 is 0 Å². The molecule has 0 bridgehead atoms. The van der Waals surface area contributed by atoms with E-state index in [2.05, 4.69) is 155 Å². The molecule has 0 radical (unpaired) electrons. The summed E-state index contributed by atoms with van der Waals surface area (Å²) in [4.78, 5) is 10.4. The first kappa shape index (κ1) is 28.7. The van der Waals surface area contributed by atoms with E-state index in [1.165, 1.54) is 32.9 Å². The van der Waals surface area contributed by atoms with E-state index < -0.39 is 0 Å². The van der Waals surface area contributed by atoms with Crippen LogP contribution in [0, 0.1) is 0 Å². The number of hydrogen-bond donors (Lipinski definition) is 0. The average Bonchev–Trinajstić information content (AvgIpc) is 3.67. The lowest BCUT2D eigenvalue weighted by molar-refractivity contribution is 1.00. The van der Waals surface area contributed by atoms with Crippen molar-refractivity contribution in [3.8, 4) is 22.8 Å². The summed E-state index contributed by atoms with van der Waals surface area (Å²) >= 11 is 0. The second kappa shape index (κ2) is 11.6. The van der Waals surface area contributed by atoms with E-state index >= 15 is 0 Å². The lowest BCUT2D eigenvalue weighted by atomic mass is 10.0. The van der Waals surface area contributed by atoms with Gasteiger partial charge >= 0.3 is 0 Å². The number of allylic oxidation sites excluding steroid dienone is 5. The van der Waals surface area contributed by atoms with Crippen LogP contribution in [0.15, 0.2) is 170 Å². The summed E-state index contributed by atoms with van der Waals surface area (Å²) in [5.74, 6) is 0.647. The largest absolute Gasteiger partial charge is 0.309 e. The lowest BCUT2D eigenvalue weighted by Crippen LogP contribution is -2.04. The third kappa shape index (κ3) is 4.61. The van der Waals surface area contributed by atoms with Crippen LogP contribution in [-0.2, 0) is 0 Å². The average molecular weight is 629 g/mol. The number of nitrogens with zero attached hydrogens (tertiary/aromatic N) is 4. The SMILES string of the molecule is C=C/C=C\C(=C/C)c1nc(-n2c3ccccc3c3cc(-c4ccc5c(c4)c4ccccc4n5-c4ccccc4)ccc32)nc2ccccc12. The van der Waals surface area contributed by atoms with Gasteiger partial charge in [-0.1, -0.05) is 116 Å². The molecule has 0 atom stereocenters. The molecule has 0 aliphatic rings. The molecule has 3 heterocycles. The van der Waals surface area contributed by atoms with Crippen LogP contribution in [0.2, 0.25) is 0 Å². The molecule has 0 spiro atoms. The van der Waals surface area contributed by atoms with Crippen LogP contribution in [0.4, 0.5) is 0 Å². The van der Waals surface area contributed by atoms with Gasteiger partial charge in [-0.15, -0.1) is 0 Å². The highest BCUT2D eigenvalue weighted by atomic mass is 15.2. The van der Waals surface area contributed by atoms with E-state index in [4.69, 9.17) is 9.97 Å². The van der Waals surface area contributed by atoms with Crippen LogP contribution in [0.25, 0.3) is 82.9 Å². The van der Waals surface area contributed by atoms with Gasteiger partial charge in [0, 0.05) is 32.6 Å². The van der Waals surface area contributed by atoms with Crippen molar-refractivity contribution in [1.82, 2.24) is 19.1 Å². The molecule has 0 fully saturated rings. The minimum absolute atomic E-state index is 0.647. The van der Waals surface area contributed by atoms with Crippen LogP contribution in [0.1, 0.15) is 12.6 Å². The zero-order chi connectivity index (χ0) is 32.9. The van der Waals surface area contributed by atoms with Crippen molar-refractivity contribution in [3.05, 3.63) is 176 Å². The van der Waals surface area contributed by atoms with Crippen LogP contribution in [0.5, 0.6) is 0 Å². The maximum atomic E-state index is 5.23. The molecule has 49 heavy (non-hydrogen) atoms. The highest BCUT2D eigenvalue weighted by molar-refractivity contribution is 6.12. The molecule has 0 N–H and O–H groups in total. The quantitative estimate of drug-likeness (QED) is 0.172. The minimum Gasteiger partial charge on any atom is -0.309 e. The summed E-state index contributed by atoms with van der Waals surface area (Å²) in [5, 5.41) is 5.82. The highest BCUT2D eigenvalue weighted by Crippen LogP contribution is 2.38. The van der Waals surface area contributed by atoms with Gasteiger partial charge in [-0.05, 0) is 78.2 Å². The van der Waals surface area contributed by atoms with Crippen molar-refractivity contribution < 1.29 is 0 Å². The van der Waals surface area contributed by atoms with Crippen molar-refractivity contribution in [1.29, 1.82) is 0 Å². The first-order valence-electron chi connectivity index (χ1n) is 16.6. The van der Waals surface area contributed by atoms with Gasteiger partial charge in [-0.3, -0.25) is 4.57 Å². The van der Waals surface area contributed by atoms with Crippen LogP contribution >= 0.6 is 0 Å². The Bertz CT molecular complexity index is 2790. The van der Waals surface area contributed by atoms with E-state index in [9.17, 15) is 0 Å². The summed E-state index contributed by atoms with van der Waals surface area (Å²) in [6.07, 6.45) is 7.88. The predicted octanol–water partition coefficient (Wildman–Crippen LogP) is 11.6. The van der Waals surface area contributed by atoms with Crippen LogP contribution in [-0.4, -0.2) is 19.1 Å². The van der Waals surface area contributed by atoms with Gasteiger partial charge in [0.2, 0.25) is 5.95 Å². The highest BCUT2D eigenvalue weighted by Gasteiger charge is 2.19. The second-order valence-corrected chi connectivity index (χ2v) is 12.2. The molecule has 6 aromatic carbocycles. The standard InChI is InChI=1S/C45H32N4/c1-3-5-15-30(4-2)44-36-20-9-12-21-39(36)46-45(47-44)49-41-23-14-11-19-35(41)38-29-32(25-27-43(38)49)31-24-26-42-37(28-31)34-18-10-13-22-40(34)48(42)33-16-7-6-8-17-33/h3-29H,1H2,2H3/b15-5-,30-4+. The minimum atomic E-state index is 0.647. The predicted molar refractivity (Wildman–Crippen MR) is 207 cm³/mol. The summed E-state index contributed by atoms with van der Waals surface area (Å²) in [6, 6.07) is 49.6. The van der Waals surface area contributed by atoms with E-state index in [0.717, 1.165) is 49.7 Å². The monoisotopic (exact) mass is 628 g/mol. The number of para-hydroxylation sites is 4. The Labute approximate surface area is 284 Å². The van der Waals surface area contributed by atoms with Gasteiger partial charge in [-0.2, -0.15) is 0 Å². The number of aromatic nitrogens is 4. The van der Waals surface area contributed by atoms with Crippen molar-refractivity contribution in [2.45, 2.75) is 6.92 Å². The molecule has 0 aliphatic heterocycles. The third-order valence-electron chi connectivity index (χ3n) is 9.48. The smallest absolute Gasteiger partial charge is 0.235 e. The molecule has 0 aliphatic carbocycles. The van der Waals surface area contributed by atoms with Gasteiger partial charge in [0.1, 0.15) is 0 Å². The Morgan fingerprint density at radius 3 is 1.76 bits per heavy atom. The number of fused-ring (bicyclic) bond motifs is 7. The molecule has 4 heteroatoms. The zero-order valence-electron chi connectivity index (χ0n) is 27.1. The fourth-order valence-electron chi connectivity index (χ4n) is 7.24. The molecule has 9 aromatic rings. The number of hydrogen-bond acceptors (Lipinski definition) is 2. The fourth-order valence-corrected chi connectivity index (χ4v) is 7.24. The third-order valence-corrected chi connectivity index (χ3v) is 9.48. The van der Waals surface area contributed by atoms with Gasteiger partial charge in [0.25, 0.3) is 0 Å². The number of benzene rings is 6. The first-order chi connectivity index (χ1) is 24.2. The van der Waals surface area contributed by atoms with E-state index in [1.807, 2.05) is 25.1 Å². The molecule has 4 nitrogen and oxygen atoms in total. The Balaban J connectivity index is 1.25. The maximum Gasteiger partial charge on any atom is 0.235 e.